The lowest BCUT2D eigenvalue weighted by atomic mass is 10.0. The van der Waals surface area contributed by atoms with Gasteiger partial charge in [0.1, 0.15) is 13.2 Å². The van der Waals surface area contributed by atoms with Gasteiger partial charge in [0, 0.05) is 19.3 Å². The maximum Gasteiger partial charge on any atom is 0.306 e. The van der Waals surface area contributed by atoms with E-state index in [2.05, 4.69) is 69.4 Å². The average molecular weight is 887 g/mol. The molecule has 0 N–H and O–H groups in total. The summed E-state index contributed by atoms with van der Waals surface area (Å²) < 4.78 is 16.8. The molecule has 6 nitrogen and oxygen atoms in total. The second kappa shape index (κ2) is 51.7. The van der Waals surface area contributed by atoms with Crippen LogP contribution in [0.25, 0.3) is 0 Å². The summed E-state index contributed by atoms with van der Waals surface area (Å²) in [6, 6.07) is 0. The van der Waals surface area contributed by atoms with Crippen molar-refractivity contribution in [3.05, 3.63) is 109 Å². The van der Waals surface area contributed by atoms with Gasteiger partial charge in [0.05, 0.1) is 0 Å². The van der Waals surface area contributed by atoms with E-state index in [9.17, 15) is 14.4 Å². The molecule has 0 aliphatic heterocycles. The molecule has 0 aromatic rings. The first kappa shape index (κ1) is 60.1. The summed E-state index contributed by atoms with van der Waals surface area (Å²) in [5, 5.41) is 0. The predicted octanol–water partition coefficient (Wildman–Crippen LogP) is 17.1. The number of ether oxygens (including phenoxy) is 3. The summed E-state index contributed by atoms with van der Waals surface area (Å²) in [5.41, 5.74) is 0. The van der Waals surface area contributed by atoms with Crippen LogP contribution in [0.3, 0.4) is 0 Å². The van der Waals surface area contributed by atoms with Gasteiger partial charge in [-0.1, -0.05) is 252 Å². The molecule has 0 bridgehead atoms. The van der Waals surface area contributed by atoms with E-state index < -0.39 is 6.10 Å². The van der Waals surface area contributed by atoms with Gasteiger partial charge in [-0.15, -0.1) is 0 Å². The van der Waals surface area contributed by atoms with Crippen LogP contribution < -0.4 is 0 Å². The van der Waals surface area contributed by atoms with Crippen molar-refractivity contribution in [3.63, 3.8) is 0 Å². The SMILES string of the molecule is CC\C=C/C=C\C=C/C=C\C=C\C=C/CCCCCC(=O)OCC(COC(=O)CCCCCCCCCCCCCCCC)OC(=O)CCCCCCCCC\C=C/C=C\C=C/CC. The zero-order chi connectivity index (χ0) is 46.5. The highest BCUT2D eigenvalue weighted by Crippen LogP contribution is 2.15. The predicted molar refractivity (Wildman–Crippen MR) is 274 cm³/mol. The first-order valence-corrected chi connectivity index (χ1v) is 26.0. The third-order valence-electron chi connectivity index (χ3n) is 10.7. The van der Waals surface area contributed by atoms with Crippen molar-refractivity contribution in [1.82, 2.24) is 0 Å². The second-order valence-corrected chi connectivity index (χ2v) is 16.9. The maximum atomic E-state index is 12.8. The van der Waals surface area contributed by atoms with Gasteiger partial charge < -0.3 is 14.2 Å². The molecule has 0 aliphatic carbocycles. The van der Waals surface area contributed by atoms with Crippen molar-refractivity contribution < 1.29 is 28.6 Å². The molecule has 0 rings (SSSR count). The number of hydrogen-bond acceptors (Lipinski definition) is 6. The van der Waals surface area contributed by atoms with E-state index in [1.807, 2.05) is 60.8 Å². The molecule has 6 heteroatoms. The molecule has 1 unspecified atom stereocenters. The highest BCUT2D eigenvalue weighted by molar-refractivity contribution is 5.71. The first-order chi connectivity index (χ1) is 31.5. The highest BCUT2D eigenvalue weighted by atomic mass is 16.6. The molecular weight excluding hydrogens is 793 g/mol. The molecule has 0 saturated heterocycles. The van der Waals surface area contributed by atoms with E-state index in [-0.39, 0.29) is 31.1 Å². The molecule has 64 heavy (non-hydrogen) atoms. The van der Waals surface area contributed by atoms with Gasteiger partial charge in [0.2, 0.25) is 0 Å². The third-order valence-corrected chi connectivity index (χ3v) is 10.7. The largest absolute Gasteiger partial charge is 0.462 e. The summed E-state index contributed by atoms with van der Waals surface area (Å²) >= 11 is 0. The van der Waals surface area contributed by atoms with Crippen LogP contribution in [0, 0.1) is 0 Å². The first-order valence-electron chi connectivity index (χ1n) is 26.0. The second-order valence-electron chi connectivity index (χ2n) is 16.9. The van der Waals surface area contributed by atoms with Crippen molar-refractivity contribution in [3.8, 4) is 0 Å². The lowest BCUT2D eigenvalue weighted by molar-refractivity contribution is -0.167. The minimum absolute atomic E-state index is 0.0978. The molecule has 0 saturated carbocycles. The standard InChI is InChI=1S/C58H94O6/c1-4-7-10-13-16-19-22-25-28-29-31-33-36-39-42-45-48-51-57(60)63-54-55(53-62-56(59)50-47-44-41-38-35-32-27-24-21-18-15-12-9-6-3)64-58(61)52-49-46-43-40-37-34-30-26-23-20-17-14-11-8-5-2/h7-8,10-11,13-14,16-17,19-20,22-23,25,28-29,31,33,36,55H,4-6,9,12,15,18,21,24,26-27,30,32,34-35,37-54H2,1-3H3/b10-7-,11-8-,16-13-,17-14-,22-19-,23-20-,28-25-,31-29+,36-33-. The van der Waals surface area contributed by atoms with Crippen LogP contribution in [0.5, 0.6) is 0 Å². The Kier molecular flexibility index (Phi) is 48.5. The molecule has 0 aliphatic rings. The van der Waals surface area contributed by atoms with Crippen LogP contribution in [0.15, 0.2) is 109 Å². The van der Waals surface area contributed by atoms with Crippen LogP contribution in [0.1, 0.15) is 220 Å². The summed E-state index contributed by atoms with van der Waals surface area (Å²) in [6.45, 7) is 6.31. The molecule has 0 heterocycles. The van der Waals surface area contributed by atoms with Gasteiger partial charge >= 0.3 is 17.9 Å². The Labute approximate surface area is 393 Å². The van der Waals surface area contributed by atoms with Crippen molar-refractivity contribution in [2.75, 3.05) is 13.2 Å². The van der Waals surface area contributed by atoms with Crippen molar-refractivity contribution >= 4 is 17.9 Å². The van der Waals surface area contributed by atoms with E-state index >= 15 is 0 Å². The monoisotopic (exact) mass is 887 g/mol. The molecule has 0 radical (unpaired) electrons. The zero-order valence-corrected chi connectivity index (χ0v) is 41.3. The minimum atomic E-state index is -0.803. The smallest absolute Gasteiger partial charge is 0.306 e. The summed E-state index contributed by atoms with van der Waals surface area (Å²) in [4.78, 5) is 38.0. The van der Waals surface area contributed by atoms with Gasteiger partial charge in [-0.25, -0.2) is 0 Å². The Bertz CT molecular complexity index is 1340. The molecule has 1 atom stereocenters. The summed E-state index contributed by atoms with van der Waals surface area (Å²) in [7, 11) is 0. The Morgan fingerprint density at radius 2 is 0.609 bits per heavy atom. The molecular formula is C58H94O6. The Balaban J connectivity index is 4.51. The van der Waals surface area contributed by atoms with Crippen LogP contribution in [-0.2, 0) is 28.6 Å². The van der Waals surface area contributed by atoms with E-state index in [0.29, 0.717) is 19.3 Å². The van der Waals surface area contributed by atoms with Crippen LogP contribution in [0.2, 0.25) is 0 Å². The zero-order valence-electron chi connectivity index (χ0n) is 41.3. The minimum Gasteiger partial charge on any atom is -0.462 e. The van der Waals surface area contributed by atoms with Gasteiger partial charge in [-0.3, -0.25) is 14.4 Å². The topological polar surface area (TPSA) is 78.9 Å². The van der Waals surface area contributed by atoms with Gasteiger partial charge in [0.25, 0.3) is 0 Å². The fourth-order valence-corrected chi connectivity index (χ4v) is 6.89. The number of hydrogen-bond donors (Lipinski definition) is 0. The fraction of sp³-hybridized carbons (Fsp3) is 0.638. The Hall–Kier alpha value is -3.93. The lowest BCUT2D eigenvalue weighted by Gasteiger charge is -2.18. The molecule has 0 amide bonds. The van der Waals surface area contributed by atoms with E-state index in [1.165, 1.54) is 89.9 Å². The number of esters is 3. The lowest BCUT2D eigenvalue weighted by Crippen LogP contribution is -2.30. The molecule has 0 fully saturated rings. The molecule has 0 aromatic heterocycles. The Morgan fingerprint density at radius 3 is 0.969 bits per heavy atom. The number of carbonyl (C=O) groups is 3. The van der Waals surface area contributed by atoms with Crippen LogP contribution >= 0.6 is 0 Å². The van der Waals surface area contributed by atoms with Crippen molar-refractivity contribution in [1.29, 1.82) is 0 Å². The van der Waals surface area contributed by atoms with Gasteiger partial charge in [-0.05, 0) is 57.8 Å². The number of rotatable bonds is 45. The number of allylic oxidation sites excluding steroid dienone is 18. The highest BCUT2D eigenvalue weighted by Gasteiger charge is 2.19. The van der Waals surface area contributed by atoms with E-state index in [0.717, 1.165) is 89.9 Å². The number of unbranched alkanes of at least 4 members (excludes halogenated alkanes) is 23. The van der Waals surface area contributed by atoms with Crippen molar-refractivity contribution in [2.45, 2.75) is 226 Å². The molecule has 0 aromatic carbocycles. The Morgan fingerprint density at radius 1 is 0.328 bits per heavy atom. The quantitative estimate of drug-likeness (QED) is 0.0262. The molecule has 0 spiro atoms. The average Bonchev–Trinajstić information content (AvgIpc) is 3.29. The fourth-order valence-electron chi connectivity index (χ4n) is 6.89. The summed E-state index contributed by atoms with van der Waals surface area (Å²) in [6.07, 6.45) is 69.2. The van der Waals surface area contributed by atoms with Crippen molar-refractivity contribution in [2.24, 2.45) is 0 Å². The normalized spacial score (nSPS) is 13.0. The number of carbonyl (C=O) groups excluding carboxylic acids is 3. The van der Waals surface area contributed by atoms with Crippen LogP contribution in [-0.4, -0.2) is 37.2 Å². The van der Waals surface area contributed by atoms with Gasteiger partial charge in [-0.2, -0.15) is 0 Å². The summed E-state index contributed by atoms with van der Waals surface area (Å²) in [5.74, 6) is -0.958. The van der Waals surface area contributed by atoms with Crippen LogP contribution in [0.4, 0.5) is 0 Å². The molecule has 362 valence electrons. The third kappa shape index (κ3) is 49.1. The maximum absolute atomic E-state index is 12.8. The van der Waals surface area contributed by atoms with E-state index in [4.69, 9.17) is 14.2 Å². The van der Waals surface area contributed by atoms with Gasteiger partial charge in [0.15, 0.2) is 6.10 Å². The van der Waals surface area contributed by atoms with E-state index in [1.54, 1.807) is 0 Å².